The molecule has 2 N–H and O–H groups in total. The molecule has 23 heavy (non-hydrogen) atoms. The minimum absolute atomic E-state index is 0.0650. The van der Waals surface area contributed by atoms with Gasteiger partial charge < -0.3 is 10.6 Å². The summed E-state index contributed by atoms with van der Waals surface area (Å²) in [4.78, 5) is 23.2. The molecule has 0 aliphatic heterocycles. The van der Waals surface area contributed by atoms with E-state index in [0.29, 0.717) is 17.1 Å². The van der Waals surface area contributed by atoms with E-state index in [1.807, 2.05) is 43.3 Å². The van der Waals surface area contributed by atoms with Gasteiger partial charge in [-0.3, -0.25) is 9.59 Å². The zero-order valence-corrected chi connectivity index (χ0v) is 13.9. The van der Waals surface area contributed by atoms with E-state index < -0.39 is 0 Å². The van der Waals surface area contributed by atoms with Crippen LogP contribution in [0.3, 0.4) is 0 Å². The Morgan fingerprint density at radius 1 is 1.13 bits per heavy atom. The molecule has 2 aromatic rings. The SMILES string of the molecule is CC(=O)Nc1cccc(C(C)NC(=O)Cc2ccc(Cl)cc2)c1. The first-order valence-corrected chi connectivity index (χ1v) is 7.73. The van der Waals surface area contributed by atoms with E-state index in [0.717, 1.165) is 11.1 Å². The fourth-order valence-electron chi connectivity index (χ4n) is 2.25. The van der Waals surface area contributed by atoms with Crippen LogP contribution < -0.4 is 10.6 Å². The maximum atomic E-state index is 12.1. The van der Waals surface area contributed by atoms with Crippen LogP contribution in [-0.4, -0.2) is 11.8 Å². The molecule has 0 bridgehead atoms. The van der Waals surface area contributed by atoms with Crippen molar-refractivity contribution in [2.24, 2.45) is 0 Å². The summed E-state index contributed by atoms with van der Waals surface area (Å²) in [6.07, 6.45) is 0.299. The van der Waals surface area contributed by atoms with Crippen molar-refractivity contribution < 1.29 is 9.59 Å². The third-order valence-corrected chi connectivity index (χ3v) is 3.61. The largest absolute Gasteiger partial charge is 0.349 e. The van der Waals surface area contributed by atoms with E-state index >= 15 is 0 Å². The standard InChI is InChI=1S/C18H19ClN2O2/c1-12(15-4-3-5-17(11-15)21-13(2)22)20-18(23)10-14-6-8-16(19)9-7-14/h3-9,11-12H,10H2,1-2H3,(H,20,23)(H,21,22). The second-order valence-corrected chi connectivity index (χ2v) is 5.84. The van der Waals surface area contributed by atoms with Crippen molar-refractivity contribution in [3.8, 4) is 0 Å². The van der Waals surface area contributed by atoms with Gasteiger partial charge in [-0.15, -0.1) is 0 Å². The molecule has 0 fully saturated rings. The molecule has 0 aromatic heterocycles. The van der Waals surface area contributed by atoms with Crippen LogP contribution in [0.25, 0.3) is 0 Å². The molecule has 5 heteroatoms. The fourth-order valence-corrected chi connectivity index (χ4v) is 2.38. The molecular formula is C18H19ClN2O2. The van der Waals surface area contributed by atoms with Crippen LogP contribution in [-0.2, 0) is 16.0 Å². The number of amides is 2. The minimum atomic E-state index is -0.150. The van der Waals surface area contributed by atoms with Crippen molar-refractivity contribution in [3.63, 3.8) is 0 Å². The predicted octanol–water partition coefficient (Wildman–Crippen LogP) is 3.72. The van der Waals surface area contributed by atoms with Gasteiger partial charge in [0.25, 0.3) is 0 Å². The highest BCUT2D eigenvalue weighted by molar-refractivity contribution is 6.30. The van der Waals surface area contributed by atoms with E-state index in [-0.39, 0.29) is 17.9 Å². The maximum Gasteiger partial charge on any atom is 0.224 e. The second-order valence-electron chi connectivity index (χ2n) is 5.40. The molecule has 0 aliphatic rings. The number of carbonyl (C=O) groups excluding carboxylic acids is 2. The van der Waals surface area contributed by atoms with Crippen molar-refractivity contribution in [1.29, 1.82) is 0 Å². The van der Waals surface area contributed by atoms with Crippen LogP contribution in [0.2, 0.25) is 5.02 Å². The smallest absolute Gasteiger partial charge is 0.224 e. The average molecular weight is 331 g/mol. The third-order valence-electron chi connectivity index (χ3n) is 3.36. The molecule has 2 rings (SSSR count). The number of hydrogen-bond donors (Lipinski definition) is 2. The summed E-state index contributed by atoms with van der Waals surface area (Å²) in [6, 6.07) is 14.5. The number of halogens is 1. The lowest BCUT2D eigenvalue weighted by atomic mass is 10.1. The van der Waals surface area contributed by atoms with Crippen molar-refractivity contribution in [3.05, 3.63) is 64.7 Å². The molecule has 1 atom stereocenters. The van der Waals surface area contributed by atoms with E-state index in [2.05, 4.69) is 10.6 Å². The monoisotopic (exact) mass is 330 g/mol. The first-order valence-electron chi connectivity index (χ1n) is 7.35. The van der Waals surface area contributed by atoms with Crippen LogP contribution >= 0.6 is 11.6 Å². The van der Waals surface area contributed by atoms with Gasteiger partial charge in [-0.2, -0.15) is 0 Å². The fraction of sp³-hybridized carbons (Fsp3) is 0.222. The summed E-state index contributed by atoms with van der Waals surface area (Å²) in [5, 5.41) is 6.34. The summed E-state index contributed by atoms with van der Waals surface area (Å²) in [6.45, 7) is 3.37. The molecule has 2 amide bonds. The number of rotatable bonds is 5. The lowest BCUT2D eigenvalue weighted by Crippen LogP contribution is -2.28. The topological polar surface area (TPSA) is 58.2 Å². The number of hydrogen-bond acceptors (Lipinski definition) is 2. The van der Waals surface area contributed by atoms with E-state index in [9.17, 15) is 9.59 Å². The Labute approximate surface area is 140 Å². The zero-order chi connectivity index (χ0) is 16.8. The van der Waals surface area contributed by atoms with E-state index in [1.54, 1.807) is 12.1 Å². The van der Waals surface area contributed by atoms with Crippen LogP contribution in [0.1, 0.15) is 31.0 Å². The third kappa shape index (κ3) is 5.42. The van der Waals surface area contributed by atoms with Gasteiger partial charge in [-0.05, 0) is 42.3 Å². The van der Waals surface area contributed by atoms with Crippen molar-refractivity contribution in [2.45, 2.75) is 26.3 Å². The quantitative estimate of drug-likeness (QED) is 0.877. The average Bonchev–Trinajstić information content (AvgIpc) is 2.49. The molecule has 0 saturated carbocycles. The summed E-state index contributed by atoms with van der Waals surface area (Å²) in [5.74, 6) is -0.189. The van der Waals surface area contributed by atoms with Gasteiger partial charge in [0.1, 0.15) is 0 Å². The molecule has 0 saturated heterocycles. The summed E-state index contributed by atoms with van der Waals surface area (Å²) < 4.78 is 0. The summed E-state index contributed by atoms with van der Waals surface area (Å²) in [7, 11) is 0. The van der Waals surface area contributed by atoms with Gasteiger partial charge in [0.2, 0.25) is 11.8 Å². The Hall–Kier alpha value is -2.33. The van der Waals surface area contributed by atoms with E-state index in [1.165, 1.54) is 6.92 Å². The highest BCUT2D eigenvalue weighted by Crippen LogP contribution is 2.18. The normalized spacial score (nSPS) is 11.6. The number of nitrogens with one attached hydrogen (secondary N) is 2. The van der Waals surface area contributed by atoms with Crippen LogP contribution in [0, 0.1) is 0 Å². The maximum absolute atomic E-state index is 12.1. The van der Waals surface area contributed by atoms with Gasteiger partial charge in [0.15, 0.2) is 0 Å². The van der Waals surface area contributed by atoms with Crippen molar-refractivity contribution in [2.75, 3.05) is 5.32 Å². The summed E-state index contributed by atoms with van der Waals surface area (Å²) >= 11 is 5.83. The molecule has 120 valence electrons. The second kappa shape index (κ2) is 7.79. The highest BCUT2D eigenvalue weighted by atomic mass is 35.5. The first-order chi connectivity index (χ1) is 10.9. The molecule has 0 heterocycles. The highest BCUT2D eigenvalue weighted by Gasteiger charge is 2.11. The van der Waals surface area contributed by atoms with Gasteiger partial charge in [-0.1, -0.05) is 35.9 Å². The first kappa shape index (κ1) is 17.0. The van der Waals surface area contributed by atoms with Crippen LogP contribution in [0.15, 0.2) is 48.5 Å². The molecule has 2 aromatic carbocycles. The minimum Gasteiger partial charge on any atom is -0.349 e. The van der Waals surface area contributed by atoms with Crippen LogP contribution in [0.4, 0.5) is 5.69 Å². The Morgan fingerprint density at radius 3 is 2.48 bits per heavy atom. The van der Waals surface area contributed by atoms with Gasteiger partial charge in [-0.25, -0.2) is 0 Å². The number of carbonyl (C=O) groups is 2. The number of benzene rings is 2. The van der Waals surface area contributed by atoms with Gasteiger partial charge >= 0.3 is 0 Å². The summed E-state index contributed by atoms with van der Waals surface area (Å²) in [5.41, 5.74) is 2.56. The van der Waals surface area contributed by atoms with Gasteiger partial charge in [0, 0.05) is 17.6 Å². The number of anilines is 1. The molecule has 0 aliphatic carbocycles. The Kier molecular flexibility index (Phi) is 5.77. The lowest BCUT2D eigenvalue weighted by molar-refractivity contribution is -0.121. The van der Waals surface area contributed by atoms with Crippen molar-refractivity contribution in [1.82, 2.24) is 5.32 Å². The van der Waals surface area contributed by atoms with Gasteiger partial charge in [0.05, 0.1) is 12.5 Å². The van der Waals surface area contributed by atoms with Crippen molar-refractivity contribution >= 4 is 29.1 Å². The molecule has 0 spiro atoms. The lowest BCUT2D eigenvalue weighted by Gasteiger charge is -2.15. The molecular weight excluding hydrogens is 312 g/mol. The Balaban J connectivity index is 1.97. The Bertz CT molecular complexity index is 698. The Morgan fingerprint density at radius 2 is 1.83 bits per heavy atom. The molecule has 1 unspecified atom stereocenters. The van der Waals surface area contributed by atoms with Crippen LogP contribution in [0.5, 0.6) is 0 Å². The molecule has 4 nitrogen and oxygen atoms in total. The predicted molar refractivity (Wildman–Crippen MR) is 92.5 cm³/mol. The van der Waals surface area contributed by atoms with E-state index in [4.69, 9.17) is 11.6 Å². The molecule has 0 radical (unpaired) electrons. The zero-order valence-electron chi connectivity index (χ0n) is 13.1.